The number of likely N-dealkylation sites (N-methyl/N-ethyl adjacent to an activating group) is 1. The van der Waals surface area contributed by atoms with Gasteiger partial charge in [0.1, 0.15) is 16.8 Å². The van der Waals surface area contributed by atoms with Gasteiger partial charge >= 0.3 is 5.97 Å². The Bertz CT molecular complexity index is 1670. The standard InChI is InChI=1S/C40H52N2O8/c1-6-42-22-37(50-36(45)27-10-8-7-9-24(27)17-30(44)23-11-13-26(14-12-23)41(2)3)16-15-25(21-43)39-32(37)19-29(34(39)42)38(46)20-31(48-4)28-18-33(39)40(38,47)35(28)49-5/h7-14,25,28-29,31-35,43,46-47H,6,15-22H2,1-5H3/t25-,28-,29+,31+,32?,33?,34?,35+,37-,38+,39+,40+/m1/s1. The number of aliphatic hydroxyl groups is 3. The van der Waals surface area contributed by atoms with Crippen molar-refractivity contribution in [2.45, 2.75) is 80.5 Å². The molecule has 2 aromatic rings. The topological polar surface area (TPSA) is 129 Å². The van der Waals surface area contributed by atoms with E-state index < -0.39 is 34.3 Å². The second-order valence-electron chi connectivity index (χ2n) is 16.3. The van der Waals surface area contributed by atoms with Crippen molar-refractivity contribution in [2.75, 3.05) is 52.9 Å². The molecule has 270 valence electrons. The number of rotatable bonds is 10. The van der Waals surface area contributed by atoms with Crippen LogP contribution in [-0.2, 0) is 20.6 Å². The SMILES string of the molecule is CCN1C[C@]2(OC(=O)c3ccccc3CC(=O)c3ccc(N(C)C)cc3)CC[C@H](CO)[C@]34C1[C@H](CC23)[C@@]1(O)C[C@H](OC)[C@H]2CC4[C@]1(O)[C@H]2OC. The van der Waals surface area contributed by atoms with Crippen LogP contribution in [0.3, 0.4) is 0 Å². The molecule has 6 aliphatic rings. The number of ether oxygens (including phenoxy) is 3. The highest BCUT2D eigenvalue weighted by Crippen LogP contribution is 2.80. The van der Waals surface area contributed by atoms with Gasteiger partial charge in [0.2, 0.25) is 0 Å². The van der Waals surface area contributed by atoms with Gasteiger partial charge < -0.3 is 34.4 Å². The number of anilines is 1. The molecule has 5 aliphatic carbocycles. The number of hydrogen-bond acceptors (Lipinski definition) is 10. The van der Waals surface area contributed by atoms with Crippen molar-refractivity contribution in [3.05, 3.63) is 65.2 Å². The van der Waals surface area contributed by atoms with Crippen LogP contribution in [0.5, 0.6) is 0 Å². The zero-order valence-corrected chi connectivity index (χ0v) is 29.9. The van der Waals surface area contributed by atoms with Gasteiger partial charge in [-0.15, -0.1) is 0 Å². The molecule has 5 saturated carbocycles. The van der Waals surface area contributed by atoms with Crippen LogP contribution >= 0.6 is 0 Å². The highest BCUT2D eigenvalue weighted by molar-refractivity contribution is 6.00. The number of piperidine rings is 1. The van der Waals surface area contributed by atoms with Crippen molar-refractivity contribution >= 4 is 17.4 Å². The third kappa shape index (κ3) is 4.23. The molecule has 0 radical (unpaired) electrons. The molecule has 2 aromatic carbocycles. The second-order valence-corrected chi connectivity index (χ2v) is 16.3. The van der Waals surface area contributed by atoms with Gasteiger partial charge in [-0.25, -0.2) is 4.79 Å². The Morgan fingerprint density at radius 2 is 1.74 bits per heavy atom. The number of carbonyl (C=O) groups is 2. The zero-order valence-electron chi connectivity index (χ0n) is 29.9. The number of methoxy groups -OCH3 is 2. The van der Waals surface area contributed by atoms with Crippen molar-refractivity contribution in [3.63, 3.8) is 0 Å². The van der Waals surface area contributed by atoms with Crippen LogP contribution in [-0.4, -0.2) is 115 Å². The Balaban J connectivity index is 1.17. The molecule has 8 rings (SSSR count). The number of fused-ring (bicyclic) bond motifs is 2. The van der Waals surface area contributed by atoms with Crippen LogP contribution in [0, 0.1) is 35.0 Å². The van der Waals surface area contributed by atoms with E-state index in [4.69, 9.17) is 14.2 Å². The smallest absolute Gasteiger partial charge is 0.339 e. The minimum absolute atomic E-state index is 0.0389. The van der Waals surface area contributed by atoms with Crippen molar-refractivity contribution < 1.29 is 39.1 Å². The predicted molar refractivity (Wildman–Crippen MR) is 186 cm³/mol. The summed E-state index contributed by atoms with van der Waals surface area (Å²) in [5.74, 6) is -1.65. The average Bonchev–Trinajstić information content (AvgIpc) is 3.54. The summed E-state index contributed by atoms with van der Waals surface area (Å²) in [4.78, 5) is 32.3. The lowest BCUT2D eigenvalue weighted by Gasteiger charge is -2.71. The molecule has 10 nitrogen and oxygen atoms in total. The van der Waals surface area contributed by atoms with Crippen LogP contribution in [0.15, 0.2) is 48.5 Å². The third-order valence-corrected chi connectivity index (χ3v) is 14.6. The van der Waals surface area contributed by atoms with E-state index in [1.54, 1.807) is 26.4 Å². The number of aliphatic hydroxyl groups excluding tert-OH is 1. The fourth-order valence-electron chi connectivity index (χ4n) is 12.9. The van der Waals surface area contributed by atoms with Gasteiger partial charge in [0.15, 0.2) is 5.78 Å². The molecule has 10 heteroatoms. The molecular weight excluding hydrogens is 636 g/mol. The lowest BCUT2D eigenvalue weighted by Crippen LogP contribution is -2.82. The Morgan fingerprint density at radius 1 is 1.00 bits per heavy atom. The Hall–Kier alpha value is -2.86. The first-order chi connectivity index (χ1) is 23.9. The van der Waals surface area contributed by atoms with E-state index >= 15 is 0 Å². The van der Waals surface area contributed by atoms with E-state index in [0.29, 0.717) is 61.9 Å². The Morgan fingerprint density at radius 3 is 2.40 bits per heavy atom. The lowest BCUT2D eigenvalue weighted by molar-refractivity contribution is -0.333. The second kappa shape index (κ2) is 11.8. The Labute approximate surface area is 294 Å². The number of esters is 1. The van der Waals surface area contributed by atoms with Gasteiger partial charge in [0.25, 0.3) is 0 Å². The van der Waals surface area contributed by atoms with Crippen LogP contribution in [0.25, 0.3) is 0 Å². The summed E-state index contributed by atoms with van der Waals surface area (Å²) < 4.78 is 18.9. The van der Waals surface area contributed by atoms with E-state index in [1.807, 2.05) is 55.4 Å². The van der Waals surface area contributed by atoms with E-state index in [9.17, 15) is 24.9 Å². The maximum Gasteiger partial charge on any atom is 0.339 e. The monoisotopic (exact) mass is 688 g/mol. The highest BCUT2D eigenvalue weighted by Gasteiger charge is 2.88. The minimum Gasteiger partial charge on any atom is -0.454 e. The molecule has 12 atom stereocenters. The summed E-state index contributed by atoms with van der Waals surface area (Å²) >= 11 is 0. The van der Waals surface area contributed by atoms with Gasteiger partial charge in [-0.05, 0) is 74.0 Å². The fraction of sp³-hybridized carbons (Fsp3) is 0.650. The maximum absolute atomic E-state index is 14.5. The molecular formula is C40H52N2O8. The number of benzene rings is 2. The molecule has 7 bridgehead atoms. The van der Waals surface area contributed by atoms with E-state index in [0.717, 1.165) is 5.69 Å². The number of Topliss-reactive ketones (excluding diaryl/α,β-unsaturated/α-hetero) is 1. The molecule has 50 heavy (non-hydrogen) atoms. The van der Waals surface area contributed by atoms with Crippen LogP contribution in [0.4, 0.5) is 5.69 Å². The molecule has 1 spiro atoms. The van der Waals surface area contributed by atoms with Gasteiger partial charge in [0, 0.05) is 101 Å². The van der Waals surface area contributed by atoms with E-state index in [2.05, 4.69) is 11.8 Å². The summed E-state index contributed by atoms with van der Waals surface area (Å²) in [7, 11) is 7.19. The molecule has 1 heterocycles. The third-order valence-electron chi connectivity index (χ3n) is 14.6. The number of nitrogens with zero attached hydrogens (tertiary/aromatic N) is 2. The first kappa shape index (κ1) is 34.2. The van der Waals surface area contributed by atoms with Gasteiger partial charge in [-0.2, -0.15) is 0 Å². The number of hydrogen-bond donors (Lipinski definition) is 3. The first-order valence-corrected chi connectivity index (χ1v) is 18.4. The summed E-state index contributed by atoms with van der Waals surface area (Å²) in [6.45, 7) is 3.26. The fourth-order valence-corrected chi connectivity index (χ4v) is 12.9. The number of ketones is 1. The average molecular weight is 689 g/mol. The summed E-state index contributed by atoms with van der Waals surface area (Å²) in [5.41, 5.74) is -1.91. The first-order valence-electron chi connectivity index (χ1n) is 18.4. The lowest BCUT2D eigenvalue weighted by atomic mass is 9.42. The molecule has 0 aromatic heterocycles. The molecule has 1 aliphatic heterocycles. The van der Waals surface area contributed by atoms with Gasteiger partial charge in [0.05, 0.1) is 17.8 Å². The summed E-state index contributed by atoms with van der Waals surface area (Å²) in [6, 6.07) is 14.6. The molecule has 3 unspecified atom stereocenters. The van der Waals surface area contributed by atoms with Crippen LogP contribution in [0.1, 0.15) is 65.3 Å². The maximum atomic E-state index is 14.5. The number of likely N-dealkylation sites (tertiary alicyclic amines) is 1. The Kier molecular flexibility index (Phi) is 8.10. The van der Waals surface area contributed by atoms with Crippen molar-refractivity contribution in [2.24, 2.45) is 35.0 Å². The van der Waals surface area contributed by atoms with Crippen LogP contribution in [0.2, 0.25) is 0 Å². The van der Waals surface area contributed by atoms with Crippen molar-refractivity contribution in [3.8, 4) is 0 Å². The quantitative estimate of drug-likeness (QED) is 0.253. The molecule has 3 N–H and O–H groups in total. The van der Waals surface area contributed by atoms with Crippen molar-refractivity contribution in [1.82, 2.24) is 4.90 Å². The normalized spacial score (nSPS) is 42.3. The van der Waals surface area contributed by atoms with E-state index in [-0.39, 0.29) is 60.5 Å². The largest absolute Gasteiger partial charge is 0.454 e. The van der Waals surface area contributed by atoms with Crippen molar-refractivity contribution in [1.29, 1.82) is 0 Å². The molecule has 0 amide bonds. The van der Waals surface area contributed by atoms with Gasteiger partial charge in [-0.1, -0.05) is 25.1 Å². The predicted octanol–water partition coefficient (Wildman–Crippen LogP) is 3.35. The summed E-state index contributed by atoms with van der Waals surface area (Å²) in [5, 5.41) is 37.0. The molecule has 1 saturated heterocycles. The van der Waals surface area contributed by atoms with Gasteiger partial charge in [-0.3, -0.25) is 9.69 Å². The van der Waals surface area contributed by atoms with E-state index in [1.165, 1.54) is 0 Å². The van der Waals surface area contributed by atoms with Crippen LogP contribution < -0.4 is 4.90 Å². The highest BCUT2D eigenvalue weighted by atomic mass is 16.6. The number of carbonyl (C=O) groups excluding carboxylic acids is 2. The molecule has 6 fully saturated rings. The minimum atomic E-state index is -1.52. The zero-order chi connectivity index (χ0) is 35.4. The summed E-state index contributed by atoms with van der Waals surface area (Å²) in [6.07, 6.45) is 1.91.